The van der Waals surface area contributed by atoms with E-state index in [1.165, 1.54) is 12.1 Å². The maximum Gasteiger partial charge on any atom is 0.238 e. The third-order valence-electron chi connectivity index (χ3n) is 5.29. The summed E-state index contributed by atoms with van der Waals surface area (Å²) in [7, 11) is -3.83. The summed E-state index contributed by atoms with van der Waals surface area (Å²) in [6.07, 6.45) is 1.38. The van der Waals surface area contributed by atoms with Gasteiger partial charge >= 0.3 is 0 Å². The third kappa shape index (κ3) is 5.28. The van der Waals surface area contributed by atoms with Gasteiger partial charge in [-0.05, 0) is 47.7 Å². The van der Waals surface area contributed by atoms with Gasteiger partial charge in [-0.2, -0.15) is 0 Å². The lowest BCUT2D eigenvalue weighted by Gasteiger charge is -2.20. The molecule has 0 atom stereocenters. The van der Waals surface area contributed by atoms with Crippen molar-refractivity contribution in [3.05, 3.63) is 47.8 Å². The van der Waals surface area contributed by atoms with Crippen molar-refractivity contribution in [3.8, 4) is 5.75 Å². The van der Waals surface area contributed by atoms with E-state index in [2.05, 4.69) is 31.1 Å². The largest absolute Gasteiger partial charge is 0.506 e. The van der Waals surface area contributed by atoms with E-state index in [0.717, 1.165) is 17.5 Å². The number of carbonyl (C=O) groups is 1. The molecular weight excluding hydrogens is 428 g/mol. The van der Waals surface area contributed by atoms with Gasteiger partial charge < -0.3 is 15.0 Å². The van der Waals surface area contributed by atoms with Crippen LogP contribution < -0.4 is 10.5 Å². The van der Waals surface area contributed by atoms with Crippen LogP contribution in [0.5, 0.6) is 5.75 Å². The number of nitrogens with zero attached hydrogens (tertiary/aromatic N) is 2. The first-order valence-electron chi connectivity index (χ1n) is 10.6. The first kappa shape index (κ1) is 23.7. The van der Waals surface area contributed by atoms with Gasteiger partial charge in [0.25, 0.3) is 0 Å². The molecule has 0 spiro atoms. The van der Waals surface area contributed by atoms with Crippen LogP contribution in [0.1, 0.15) is 51.9 Å². The van der Waals surface area contributed by atoms with E-state index in [9.17, 15) is 18.3 Å². The molecule has 4 N–H and O–H groups in total. The van der Waals surface area contributed by atoms with Gasteiger partial charge in [0.05, 0.1) is 21.6 Å². The lowest BCUT2D eigenvalue weighted by atomic mass is 9.87. The minimum absolute atomic E-state index is 0.00430. The molecule has 0 aliphatic rings. The Morgan fingerprint density at radius 3 is 2.53 bits per heavy atom. The SMILES string of the molecule is CCCn1c(CCC(=O)Nc2cc(C(C)(C)C)ccc2O)nc2cc(S(N)(=O)=O)ccc21. The molecule has 0 aliphatic heterocycles. The zero-order chi connectivity index (χ0) is 23.7. The topological polar surface area (TPSA) is 127 Å². The molecule has 0 fully saturated rings. The first-order valence-corrected chi connectivity index (χ1v) is 12.1. The molecule has 0 unspecified atom stereocenters. The molecule has 1 amide bonds. The van der Waals surface area contributed by atoms with Crippen molar-refractivity contribution in [3.63, 3.8) is 0 Å². The summed E-state index contributed by atoms with van der Waals surface area (Å²) in [6, 6.07) is 9.82. The van der Waals surface area contributed by atoms with Gasteiger partial charge in [-0.25, -0.2) is 18.5 Å². The van der Waals surface area contributed by atoms with Gasteiger partial charge in [0.1, 0.15) is 11.6 Å². The number of anilines is 1. The van der Waals surface area contributed by atoms with Gasteiger partial charge in [-0.3, -0.25) is 4.79 Å². The van der Waals surface area contributed by atoms with E-state index in [4.69, 9.17) is 5.14 Å². The van der Waals surface area contributed by atoms with Crippen molar-refractivity contribution in [1.82, 2.24) is 9.55 Å². The van der Waals surface area contributed by atoms with Crippen LogP contribution in [-0.4, -0.2) is 29.0 Å². The number of hydrogen-bond acceptors (Lipinski definition) is 5. The van der Waals surface area contributed by atoms with Crippen LogP contribution >= 0.6 is 0 Å². The number of imidazole rings is 1. The summed E-state index contributed by atoms with van der Waals surface area (Å²) in [6.45, 7) is 8.90. The first-order chi connectivity index (χ1) is 14.9. The van der Waals surface area contributed by atoms with E-state index >= 15 is 0 Å². The molecule has 3 aromatic rings. The number of phenolic OH excluding ortho intramolecular Hbond substituents is 1. The molecule has 0 saturated carbocycles. The number of sulfonamides is 1. The van der Waals surface area contributed by atoms with Gasteiger partial charge in [-0.15, -0.1) is 0 Å². The average molecular weight is 459 g/mol. The number of phenols is 1. The van der Waals surface area contributed by atoms with Crippen LogP contribution in [0.25, 0.3) is 11.0 Å². The van der Waals surface area contributed by atoms with Crippen LogP contribution in [0.3, 0.4) is 0 Å². The summed E-state index contributed by atoms with van der Waals surface area (Å²) in [4.78, 5) is 17.2. The fourth-order valence-corrected chi connectivity index (χ4v) is 4.07. The Bertz CT molecular complexity index is 1260. The maximum absolute atomic E-state index is 12.6. The van der Waals surface area contributed by atoms with Crippen molar-refractivity contribution in [2.75, 3.05) is 5.32 Å². The van der Waals surface area contributed by atoms with Crippen molar-refractivity contribution < 1.29 is 18.3 Å². The number of fused-ring (bicyclic) bond motifs is 1. The van der Waals surface area contributed by atoms with Crippen molar-refractivity contribution in [2.24, 2.45) is 5.14 Å². The lowest BCUT2D eigenvalue weighted by molar-refractivity contribution is -0.116. The number of aromatic nitrogens is 2. The predicted octanol–water partition coefficient (Wildman–Crippen LogP) is 3.67. The number of primary sulfonamides is 1. The molecular formula is C23H30N4O4S. The molecule has 2 aromatic carbocycles. The fraction of sp³-hybridized carbons (Fsp3) is 0.391. The summed E-state index contributed by atoms with van der Waals surface area (Å²) < 4.78 is 25.3. The standard InChI is InChI=1S/C23H30N4O4S/c1-5-12-27-19-8-7-16(32(24,30)31)14-17(19)25-21(27)10-11-22(29)26-18-13-15(23(2,3)4)6-9-20(18)28/h6-9,13-14,28H,5,10-12H2,1-4H3,(H,26,29)(H2,24,30,31). The highest BCUT2D eigenvalue weighted by atomic mass is 32.2. The highest BCUT2D eigenvalue weighted by Gasteiger charge is 2.18. The predicted molar refractivity (Wildman–Crippen MR) is 125 cm³/mol. The van der Waals surface area contributed by atoms with Gasteiger partial charge in [-0.1, -0.05) is 33.8 Å². The lowest BCUT2D eigenvalue weighted by Crippen LogP contribution is -2.16. The van der Waals surface area contributed by atoms with E-state index in [1.807, 2.05) is 17.6 Å². The minimum Gasteiger partial charge on any atom is -0.506 e. The number of nitrogens with one attached hydrogen (secondary N) is 1. The van der Waals surface area contributed by atoms with Gasteiger partial charge in [0.2, 0.25) is 15.9 Å². The monoisotopic (exact) mass is 458 g/mol. The summed E-state index contributed by atoms with van der Waals surface area (Å²) >= 11 is 0. The highest BCUT2D eigenvalue weighted by molar-refractivity contribution is 7.89. The van der Waals surface area contributed by atoms with E-state index < -0.39 is 10.0 Å². The Balaban J connectivity index is 1.81. The Hall–Kier alpha value is -2.91. The molecule has 8 nitrogen and oxygen atoms in total. The summed E-state index contributed by atoms with van der Waals surface area (Å²) in [5, 5.41) is 18.2. The highest BCUT2D eigenvalue weighted by Crippen LogP contribution is 2.31. The van der Waals surface area contributed by atoms with E-state index in [-0.39, 0.29) is 28.4 Å². The Morgan fingerprint density at radius 2 is 1.91 bits per heavy atom. The third-order valence-corrected chi connectivity index (χ3v) is 6.20. The number of amides is 1. The molecule has 0 saturated heterocycles. The second-order valence-electron chi connectivity index (χ2n) is 8.91. The van der Waals surface area contributed by atoms with E-state index in [0.29, 0.717) is 30.0 Å². The zero-order valence-electron chi connectivity index (χ0n) is 18.8. The van der Waals surface area contributed by atoms with Crippen LogP contribution in [-0.2, 0) is 33.2 Å². The number of nitrogens with two attached hydrogens (primary N) is 1. The molecule has 0 aliphatic carbocycles. The molecule has 32 heavy (non-hydrogen) atoms. The smallest absolute Gasteiger partial charge is 0.238 e. The van der Waals surface area contributed by atoms with Gasteiger partial charge in [0, 0.05) is 19.4 Å². The second kappa shape index (κ2) is 8.91. The number of rotatable bonds is 7. The molecule has 3 rings (SSSR count). The van der Waals surface area contributed by atoms with Crippen molar-refractivity contribution in [2.45, 2.75) is 63.8 Å². The molecule has 0 bridgehead atoms. The molecule has 1 heterocycles. The normalized spacial score (nSPS) is 12.3. The number of hydrogen-bond donors (Lipinski definition) is 3. The average Bonchev–Trinajstić information content (AvgIpc) is 3.04. The van der Waals surface area contributed by atoms with Crippen LogP contribution in [0.15, 0.2) is 41.3 Å². The van der Waals surface area contributed by atoms with Crippen LogP contribution in [0, 0.1) is 0 Å². The zero-order valence-corrected chi connectivity index (χ0v) is 19.7. The Morgan fingerprint density at radius 1 is 1.19 bits per heavy atom. The minimum atomic E-state index is -3.83. The quantitative estimate of drug-likeness (QED) is 0.466. The summed E-state index contributed by atoms with van der Waals surface area (Å²) in [5.74, 6) is 0.461. The number of aromatic hydroxyl groups is 1. The number of benzene rings is 2. The van der Waals surface area contributed by atoms with Crippen LogP contribution in [0.4, 0.5) is 5.69 Å². The Labute approximate surface area is 188 Å². The summed E-state index contributed by atoms with van der Waals surface area (Å²) in [5.41, 5.74) is 2.58. The van der Waals surface area contributed by atoms with E-state index in [1.54, 1.807) is 18.2 Å². The molecule has 172 valence electrons. The second-order valence-corrected chi connectivity index (χ2v) is 10.5. The van der Waals surface area contributed by atoms with Gasteiger partial charge in [0.15, 0.2) is 0 Å². The Kier molecular flexibility index (Phi) is 6.61. The van der Waals surface area contributed by atoms with Crippen molar-refractivity contribution in [1.29, 1.82) is 0 Å². The molecule has 0 radical (unpaired) electrons. The fourth-order valence-electron chi connectivity index (χ4n) is 3.54. The van der Waals surface area contributed by atoms with Crippen LogP contribution in [0.2, 0.25) is 0 Å². The molecule has 9 heteroatoms. The number of aryl methyl sites for hydroxylation is 2. The number of carbonyl (C=O) groups excluding carboxylic acids is 1. The maximum atomic E-state index is 12.6. The molecule has 1 aromatic heterocycles. The van der Waals surface area contributed by atoms with Crippen molar-refractivity contribution >= 4 is 32.7 Å².